The number of benzene rings is 2. The normalized spacial score (nSPS) is 24.8. The van der Waals surface area contributed by atoms with E-state index in [2.05, 4.69) is 37.4 Å². The maximum atomic E-state index is 10.0. The van der Waals surface area contributed by atoms with Crippen molar-refractivity contribution in [1.29, 1.82) is 0 Å². The summed E-state index contributed by atoms with van der Waals surface area (Å²) in [5.74, 6) is 1.35. The van der Waals surface area contributed by atoms with E-state index in [4.69, 9.17) is 9.47 Å². The van der Waals surface area contributed by atoms with Crippen molar-refractivity contribution in [3.63, 3.8) is 0 Å². The molecular weight excluding hydrogens is 350 g/mol. The molecule has 2 atom stereocenters. The predicted octanol–water partition coefficient (Wildman–Crippen LogP) is 3.77. The highest BCUT2D eigenvalue weighted by Crippen LogP contribution is 2.47. The molecule has 4 heteroatoms. The van der Waals surface area contributed by atoms with Crippen molar-refractivity contribution in [1.82, 2.24) is 0 Å². The fraction of sp³-hybridized carbons (Fsp3) is 0.500. The molecule has 0 unspecified atom stereocenters. The van der Waals surface area contributed by atoms with Gasteiger partial charge in [-0.15, -0.1) is 0 Å². The fourth-order valence-electron chi connectivity index (χ4n) is 4.56. The maximum absolute atomic E-state index is 10.0. The van der Waals surface area contributed by atoms with E-state index in [1.54, 1.807) is 13.2 Å². The molecule has 1 aliphatic rings. The van der Waals surface area contributed by atoms with E-state index in [0.29, 0.717) is 5.75 Å². The maximum Gasteiger partial charge on any atom is 0.124 e. The fourth-order valence-corrected chi connectivity index (χ4v) is 4.56. The molecule has 0 bridgehead atoms. The minimum absolute atomic E-state index is 0.0465. The van der Waals surface area contributed by atoms with E-state index in [9.17, 15) is 5.11 Å². The number of methoxy groups -OCH3 is 1. The van der Waals surface area contributed by atoms with Gasteiger partial charge in [-0.3, -0.25) is 0 Å². The van der Waals surface area contributed by atoms with Crippen molar-refractivity contribution in [2.45, 2.75) is 57.1 Å². The minimum atomic E-state index is -0.100. The molecule has 3 rings (SSSR count). The molecule has 1 fully saturated rings. The number of rotatable bonds is 8. The molecule has 0 saturated carbocycles. The van der Waals surface area contributed by atoms with Crippen LogP contribution in [0.5, 0.6) is 11.5 Å². The van der Waals surface area contributed by atoms with Crippen LogP contribution in [-0.4, -0.2) is 31.0 Å². The largest absolute Gasteiger partial charge is 0.507 e. The van der Waals surface area contributed by atoms with Crippen LogP contribution in [0.25, 0.3) is 0 Å². The van der Waals surface area contributed by atoms with E-state index in [1.165, 1.54) is 5.56 Å². The number of phenols is 1. The third-order valence-electron chi connectivity index (χ3n) is 6.35. The molecular formula is C24H34NO3+. The van der Waals surface area contributed by atoms with Gasteiger partial charge in [0.25, 0.3) is 0 Å². The van der Waals surface area contributed by atoms with E-state index < -0.39 is 0 Å². The number of para-hydroxylation sites is 2. The highest BCUT2D eigenvalue weighted by molar-refractivity contribution is 5.40. The Labute approximate surface area is 168 Å². The molecule has 2 aromatic rings. The first-order valence-corrected chi connectivity index (χ1v) is 10.4. The molecule has 0 radical (unpaired) electrons. The Kier molecular flexibility index (Phi) is 6.63. The molecule has 0 spiro atoms. The average molecular weight is 385 g/mol. The lowest BCUT2D eigenvalue weighted by atomic mass is 9.66. The first-order valence-electron chi connectivity index (χ1n) is 10.4. The van der Waals surface area contributed by atoms with Gasteiger partial charge in [0, 0.05) is 29.6 Å². The van der Waals surface area contributed by atoms with Gasteiger partial charge in [0.05, 0.1) is 19.3 Å². The summed E-state index contributed by atoms with van der Waals surface area (Å²) in [5.41, 5.74) is 2.23. The van der Waals surface area contributed by atoms with E-state index in [1.807, 2.05) is 24.3 Å². The highest BCUT2D eigenvalue weighted by atomic mass is 16.5. The summed E-state index contributed by atoms with van der Waals surface area (Å²) in [4.78, 5) is 0. The second-order valence-electron chi connectivity index (χ2n) is 8.22. The number of nitrogens with two attached hydrogens (primary N) is 1. The van der Waals surface area contributed by atoms with Gasteiger partial charge in [0.2, 0.25) is 0 Å². The first-order chi connectivity index (χ1) is 13.5. The van der Waals surface area contributed by atoms with Crippen LogP contribution < -0.4 is 10.1 Å². The van der Waals surface area contributed by atoms with Crippen LogP contribution >= 0.6 is 0 Å². The Hall–Kier alpha value is -2.04. The van der Waals surface area contributed by atoms with Crippen molar-refractivity contribution in [3.8, 4) is 11.5 Å². The zero-order chi connectivity index (χ0) is 20.0. The molecule has 152 valence electrons. The summed E-state index contributed by atoms with van der Waals surface area (Å²) < 4.78 is 11.9. The van der Waals surface area contributed by atoms with Gasteiger partial charge in [-0.1, -0.05) is 37.3 Å². The van der Waals surface area contributed by atoms with Gasteiger partial charge in [0.15, 0.2) is 0 Å². The van der Waals surface area contributed by atoms with Gasteiger partial charge < -0.3 is 19.9 Å². The molecule has 0 aromatic heterocycles. The Morgan fingerprint density at radius 2 is 1.89 bits per heavy atom. The SMILES string of the molecule is CC[C@@]1(C)C[C@](CC[NH2+]Cc2ccccc2O)(c2ccccc2OC)CCO1. The molecule has 28 heavy (non-hydrogen) atoms. The van der Waals surface area contributed by atoms with Gasteiger partial charge in [-0.2, -0.15) is 0 Å². The van der Waals surface area contributed by atoms with Gasteiger partial charge >= 0.3 is 0 Å². The number of aromatic hydroxyl groups is 1. The van der Waals surface area contributed by atoms with Crippen LogP contribution in [0, 0.1) is 0 Å². The Bertz CT molecular complexity index is 778. The smallest absolute Gasteiger partial charge is 0.124 e. The summed E-state index contributed by atoms with van der Waals surface area (Å²) in [6, 6.07) is 16.0. The lowest BCUT2D eigenvalue weighted by Gasteiger charge is -2.46. The molecule has 1 saturated heterocycles. The predicted molar refractivity (Wildman–Crippen MR) is 112 cm³/mol. The van der Waals surface area contributed by atoms with Gasteiger partial charge in [0.1, 0.15) is 18.0 Å². The summed E-state index contributed by atoms with van der Waals surface area (Å²) >= 11 is 0. The second kappa shape index (κ2) is 8.97. The number of phenolic OH excluding ortho intramolecular Hbond substituents is 1. The van der Waals surface area contributed by atoms with Crippen LogP contribution in [0.1, 0.15) is 50.7 Å². The third-order valence-corrected chi connectivity index (χ3v) is 6.35. The highest BCUT2D eigenvalue weighted by Gasteiger charge is 2.44. The summed E-state index contributed by atoms with van der Waals surface area (Å²) in [7, 11) is 1.76. The molecule has 1 heterocycles. The topological polar surface area (TPSA) is 55.3 Å². The van der Waals surface area contributed by atoms with Crippen molar-refractivity contribution in [3.05, 3.63) is 59.7 Å². The molecule has 3 N–H and O–H groups in total. The van der Waals surface area contributed by atoms with Gasteiger partial charge in [-0.25, -0.2) is 0 Å². The summed E-state index contributed by atoms with van der Waals surface area (Å²) in [5, 5.41) is 12.3. The average Bonchev–Trinajstić information content (AvgIpc) is 2.72. The van der Waals surface area contributed by atoms with Gasteiger partial charge in [-0.05, 0) is 44.4 Å². The van der Waals surface area contributed by atoms with E-state index >= 15 is 0 Å². The van der Waals surface area contributed by atoms with Crippen molar-refractivity contribution < 1.29 is 19.9 Å². The number of quaternary nitrogens is 1. The van der Waals surface area contributed by atoms with Crippen molar-refractivity contribution >= 4 is 0 Å². The Morgan fingerprint density at radius 1 is 1.14 bits per heavy atom. The second-order valence-corrected chi connectivity index (χ2v) is 8.22. The zero-order valence-electron chi connectivity index (χ0n) is 17.4. The molecule has 4 nitrogen and oxygen atoms in total. The molecule has 1 aliphatic heterocycles. The standard InChI is InChI=1S/C24H33NO3/c1-4-23(2)18-24(14-16-28-23,20-10-6-8-12-22(20)27-3)13-15-25-17-19-9-5-7-11-21(19)26/h5-12,25-26H,4,13-18H2,1-3H3/p+1/t23-,24+/m0/s1. The quantitative estimate of drug-likeness (QED) is 0.681. The van der Waals surface area contributed by atoms with Crippen LogP contribution in [-0.2, 0) is 16.7 Å². The number of hydrogen-bond donors (Lipinski definition) is 2. The Morgan fingerprint density at radius 3 is 2.64 bits per heavy atom. The molecule has 0 amide bonds. The lowest BCUT2D eigenvalue weighted by molar-refractivity contribution is -0.672. The van der Waals surface area contributed by atoms with Crippen molar-refractivity contribution in [2.24, 2.45) is 0 Å². The molecule has 2 aromatic carbocycles. The third kappa shape index (κ3) is 4.50. The van der Waals surface area contributed by atoms with Crippen LogP contribution in [0.15, 0.2) is 48.5 Å². The Balaban J connectivity index is 1.78. The van der Waals surface area contributed by atoms with Crippen LogP contribution in [0.3, 0.4) is 0 Å². The van der Waals surface area contributed by atoms with E-state index in [0.717, 1.165) is 56.7 Å². The first kappa shape index (κ1) is 20.7. The number of ether oxygens (including phenoxy) is 2. The van der Waals surface area contributed by atoms with Crippen molar-refractivity contribution in [2.75, 3.05) is 20.3 Å². The monoisotopic (exact) mass is 384 g/mol. The summed E-state index contributed by atoms with van der Waals surface area (Å²) in [6.07, 6.45) is 4.07. The van der Waals surface area contributed by atoms with Crippen LogP contribution in [0.2, 0.25) is 0 Å². The molecule has 0 aliphatic carbocycles. The number of hydrogen-bond acceptors (Lipinski definition) is 3. The summed E-state index contributed by atoms with van der Waals surface area (Å²) in [6.45, 7) is 7.01. The zero-order valence-corrected chi connectivity index (χ0v) is 17.4. The van der Waals surface area contributed by atoms with Crippen LogP contribution in [0.4, 0.5) is 0 Å². The lowest BCUT2D eigenvalue weighted by Crippen LogP contribution is -2.83. The minimum Gasteiger partial charge on any atom is -0.507 e. The van der Waals surface area contributed by atoms with E-state index in [-0.39, 0.29) is 11.0 Å².